The Kier molecular flexibility index (Phi) is 6.51. The third-order valence-electron chi connectivity index (χ3n) is 3.70. The van der Waals surface area contributed by atoms with E-state index in [0.29, 0.717) is 5.56 Å². The van der Waals surface area contributed by atoms with Gasteiger partial charge in [-0.3, -0.25) is 9.59 Å². The first-order chi connectivity index (χ1) is 12.0. The second kappa shape index (κ2) is 8.82. The molecule has 2 rings (SSSR count). The van der Waals surface area contributed by atoms with Crippen LogP contribution in [0.5, 0.6) is 5.75 Å². The molecule has 0 fully saturated rings. The Morgan fingerprint density at radius 3 is 2.52 bits per heavy atom. The molecule has 0 atom stereocenters. The standard InChI is InChI=1S/C19H21FN2O3/c1-13-7-8-15(11-14(13)2)19(24)22-12-18(23)21-9-10-25-17-6-4-3-5-16(17)20/h3-8,11H,9-10,12H2,1-2H3,(H,21,23)(H,22,24). The number of amides is 2. The average Bonchev–Trinajstić information content (AvgIpc) is 2.60. The molecule has 25 heavy (non-hydrogen) atoms. The number of para-hydroxylation sites is 1. The van der Waals surface area contributed by atoms with E-state index in [9.17, 15) is 14.0 Å². The molecule has 0 aromatic heterocycles. The van der Waals surface area contributed by atoms with Gasteiger partial charge in [-0.05, 0) is 49.2 Å². The monoisotopic (exact) mass is 344 g/mol. The van der Waals surface area contributed by atoms with Gasteiger partial charge in [0.1, 0.15) is 6.61 Å². The Labute approximate surface area is 146 Å². The van der Waals surface area contributed by atoms with Crippen molar-refractivity contribution in [2.24, 2.45) is 0 Å². The fraction of sp³-hybridized carbons (Fsp3) is 0.263. The van der Waals surface area contributed by atoms with E-state index in [1.54, 1.807) is 24.3 Å². The van der Waals surface area contributed by atoms with Gasteiger partial charge in [0.2, 0.25) is 5.91 Å². The van der Waals surface area contributed by atoms with Crippen molar-refractivity contribution >= 4 is 11.8 Å². The number of ether oxygens (including phenoxy) is 1. The van der Waals surface area contributed by atoms with Crippen molar-refractivity contribution in [3.05, 3.63) is 65.0 Å². The molecular weight excluding hydrogens is 323 g/mol. The zero-order chi connectivity index (χ0) is 18.2. The number of hydrogen-bond donors (Lipinski definition) is 2. The van der Waals surface area contributed by atoms with Gasteiger partial charge in [0, 0.05) is 5.56 Å². The van der Waals surface area contributed by atoms with Crippen LogP contribution in [-0.2, 0) is 4.79 Å². The van der Waals surface area contributed by atoms with Crippen LogP contribution < -0.4 is 15.4 Å². The van der Waals surface area contributed by atoms with E-state index in [4.69, 9.17) is 4.74 Å². The van der Waals surface area contributed by atoms with Gasteiger partial charge in [-0.15, -0.1) is 0 Å². The Morgan fingerprint density at radius 2 is 1.80 bits per heavy atom. The van der Waals surface area contributed by atoms with Crippen LogP contribution in [0.25, 0.3) is 0 Å². The summed E-state index contributed by atoms with van der Waals surface area (Å²) in [7, 11) is 0. The highest BCUT2D eigenvalue weighted by atomic mass is 19.1. The minimum Gasteiger partial charge on any atom is -0.489 e. The molecular formula is C19H21FN2O3. The van der Waals surface area contributed by atoms with E-state index < -0.39 is 5.82 Å². The van der Waals surface area contributed by atoms with Crippen LogP contribution in [0.3, 0.4) is 0 Å². The fourth-order valence-electron chi connectivity index (χ4n) is 2.12. The number of hydrogen-bond acceptors (Lipinski definition) is 3. The number of aryl methyl sites for hydroxylation is 2. The lowest BCUT2D eigenvalue weighted by molar-refractivity contribution is -0.120. The molecule has 2 aromatic carbocycles. The molecule has 2 aromatic rings. The summed E-state index contributed by atoms with van der Waals surface area (Å²) >= 11 is 0. The summed E-state index contributed by atoms with van der Waals surface area (Å²) in [5, 5.41) is 5.16. The number of carbonyl (C=O) groups is 2. The van der Waals surface area contributed by atoms with Crippen molar-refractivity contribution in [3.8, 4) is 5.75 Å². The molecule has 0 saturated carbocycles. The van der Waals surface area contributed by atoms with Crippen LogP contribution in [0.1, 0.15) is 21.5 Å². The maximum absolute atomic E-state index is 13.3. The number of nitrogens with one attached hydrogen (secondary N) is 2. The lowest BCUT2D eigenvalue weighted by Crippen LogP contribution is -2.38. The predicted octanol–water partition coefficient (Wildman–Crippen LogP) is 2.37. The molecule has 2 amide bonds. The van der Waals surface area contributed by atoms with Gasteiger partial charge in [-0.1, -0.05) is 18.2 Å². The van der Waals surface area contributed by atoms with Gasteiger partial charge in [-0.25, -0.2) is 4.39 Å². The van der Waals surface area contributed by atoms with Gasteiger partial charge < -0.3 is 15.4 Å². The van der Waals surface area contributed by atoms with Crippen molar-refractivity contribution in [3.63, 3.8) is 0 Å². The van der Waals surface area contributed by atoms with E-state index >= 15 is 0 Å². The van der Waals surface area contributed by atoms with E-state index in [-0.39, 0.29) is 37.3 Å². The summed E-state index contributed by atoms with van der Waals surface area (Å²) in [6.45, 7) is 4.11. The van der Waals surface area contributed by atoms with Gasteiger partial charge in [0.05, 0.1) is 13.1 Å². The lowest BCUT2D eigenvalue weighted by Gasteiger charge is -2.09. The molecule has 0 aliphatic heterocycles. The van der Waals surface area contributed by atoms with Crippen LogP contribution in [0.2, 0.25) is 0 Å². The van der Waals surface area contributed by atoms with Gasteiger partial charge in [-0.2, -0.15) is 0 Å². The maximum atomic E-state index is 13.3. The minimum absolute atomic E-state index is 0.133. The molecule has 0 aliphatic carbocycles. The Morgan fingerprint density at radius 1 is 1.04 bits per heavy atom. The zero-order valence-electron chi connectivity index (χ0n) is 14.3. The first-order valence-electron chi connectivity index (χ1n) is 7.97. The fourth-order valence-corrected chi connectivity index (χ4v) is 2.12. The molecule has 0 radical (unpaired) electrons. The molecule has 5 nitrogen and oxygen atoms in total. The summed E-state index contributed by atoms with van der Waals surface area (Å²) in [4.78, 5) is 23.7. The van der Waals surface area contributed by atoms with Gasteiger partial charge >= 0.3 is 0 Å². The third-order valence-corrected chi connectivity index (χ3v) is 3.70. The maximum Gasteiger partial charge on any atom is 0.251 e. The highest BCUT2D eigenvalue weighted by Crippen LogP contribution is 2.14. The predicted molar refractivity (Wildman–Crippen MR) is 93.2 cm³/mol. The summed E-state index contributed by atoms with van der Waals surface area (Å²) in [6, 6.07) is 11.4. The topological polar surface area (TPSA) is 67.4 Å². The molecule has 0 aliphatic rings. The summed E-state index contributed by atoms with van der Waals surface area (Å²) in [5.41, 5.74) is 2.63. The summed E-state index contributed by atoms with van der Waals surface area (Å²) in [5.74, 6) is -0.954. The highest BCUT2D eigenvalue weighted by Gasteiger charge is 2.09. The Balaban J connectivity index is 1.69. The average molecular weight is 344 g/mol. The van der Waals surface area contributed by atoms with Crippen LogP contribution in [0.4, 0.5) is 4.39 Å². The van der Waals surface area contributed by atoms with Crippen molar-refractivity contribution in [1.82, 2.24) is 10.6 Å². The number of rotatable bonds is 7. The molecule has 0 saturated heterocycles. The van der Waals surface area contributed by atoms with E-state index in [2.05, 4.69) is 10.6 Å². The summed E-state index contributed by atoms with van der Waals surface area (Å²) < 4.78 is 18.6. The largest absolute Gasteiger partial charge is 0.489 e. The third kappa shape index (κ3) is 5.60. The second-order valence-corrected chi connectivity index (χ2v) is 5.61. The summed E-state index contributed by atoms with van der Waals surface area (Å²) in [6.07, 6.45) is 0. The van der Waals surface area contributed by atoms with Crippen molar-refractivity contribution in [1.29, 1.82) is 0 Å². The normalized spacial score (nSPS) is 10.2. The van der Waals surface area contributed by atoms with E-state index in [0.717, 1.165) is 11.1 Å². The van der Waals surface area contributed by atoms with Crippen molar-refractivity contribution in [2.75, 3.05) is 19.7 Å². The zero-order valence-corrected chi connectivity index (χ0v) is 14.3. The number of benzene rings is 2. The van der Waals surface area contributed by atoms with Gasteiger partial charge in [0.15, 0.2) is 11.6 Å². The SMILES string of the molecule is Cc1ccc(C(=O)NCC(=O)NCCOc2ccccc2F)cc1C. The Bertz CT molecular complexity index is 762. The molecule has 2 N–H and O–H groups in total. The van der Waals surface area contributed by atoms with E-state index in [1.807, 2.05) is 19.9 Å². The van der Waals surface area contributed by atoms with Crippen LogP contribution in [-0.4, -0.2) is 31.5 Å². The molecule has 0 bridgehead atoms. The van der Waals surface area contributed by atoms with Crippen molar-refractivity contribution in [2.45, 2.75) is 13.8 Å². The minimum atomic E-state index is -0.450. The number of halogens is 1. The first-order valence-corrected chi connectivity index (χ1v) is 7.97. The lowest BCUT2D eigenvalue weighted by atomic mass is 10.1. The molecule has 0 unspecified atom stereocenters. The van der Waals surface area contributed by atoms with Gasteiger partial charge in [0.25, 0.3) is 5.91 Å². The highest BCUT2D eigenvalue weighted by molar-refractivity contribution is 5.96. The Hall–Kier alpha value is -2.89. The molecule has 6 heteroatoms. The second-order valence-electron chi connectivity index (χ2n) is 5.61. The van der Waals surface area contributed by atoms with Crippen LogP contribution in [0, 0.1) is 19.7 Å². The van der Waals surface area contributed by atoms with Crippen LogP contribution in [0.15, 0.2) is 42.5 Å². The number of carbonyl (C=O) groups excluding carboxylic acids is 2. The molecule has 132 valence electrons. The molecule has 0 heterocycles. The van der Waals surface area contributed by atoms with Crippen molar-refractivity contribution < 1.29 is 18.7 Å². The molecule has 0 spiro atoms. The first kappa shape index (κ1) is 18.4. The quantitative estimate of drug-likeness (QED) is 0.758. The van der Waals surface area contributed by atoms with E-state index in [1.165, 1.54) is 12.1 Å². The van der Waals surface area contributed by atoms with Crippen LogP contribution >= 0.6 is 0 Å². The smallest absolute Gasteiger partial charge is 0.251 e.